The van der Waals surface area contributed by atoms with Gasteiger partial charge in [-0.3, -0.25) is 19.1 Å². The summed E-state index contributed by atoms with van der Waals surface area (Å²) in [5.74, 6) is 0.165. The predicted octanol–water partition coefficient (Wildman–Crippen LogP) is 5.18. The van der Waals surface area contributed by atoms with Crippen LogP contribution < -0.4 is 5.32 Å². The molecule has 6 rings (SSSR count). The molecule has 1 N–H and O–H groups in total. The largest absolute Gasteiger partial charge is 0.326 e. The molecule has 0 spiro atoms. The van der Waals surface area contributed by atoms with Crippen molar-refractivity contribution in [3.8, 4) is 11.1 Å². The van der Waals surface area contributed by atoms with Crippen molar-refractivity contribution in [1.29, 1.82) is 0 Å². The molecule has 1 amide bonds. The summed E-state index contributed by atoms with van der Waals surface area (Å²) >= 11 is 0. The Morgan fingerprint density at radius 3 is 2.41 bits per heavy atom. The Hall–Kier alpha value is -4.20. The summed E-state index contributed by atoms with van der Waals surface area (Å²) < 4.78 is 1.63. The van der Waals surface area contributed by atoms with Crippen molar-refractivity contribution in [3.63, 3.8) is 0 Å². The Morgan fingerprint density at radius 1 is 0.949 bits per heavy atom. The van der Waals surface area contributed by atoms with Gasteiger partial charge in [-0.25, -0.2) is 9.97 Å². The molecule has 3 unspecified atom stereocenters. The predicted molar refractivity (Wildman–Crippen MR) is 148 cm³/mol. The first-order chi connectivity index (χ1) is 18.8. The second-order valence-electron chi connectivity index (χ2n) is 11.0. The highest BCUT2D eigenvalue weighted by Crippen LogP contribution is 2.53. The number of hydrogen-bond donors (Lipinski definition) is 1. The SMILES string of the molecule is CC(=O)c1nn(CC(=O)C2C3CCC(C3)[C@H]2C(=O)Nc2cccc(C)c2)c2ccc(-c3cnc(C)nc3)cc12. The summed E-state index contributed by atoms with van der Waals surface area (Å²) in [6.45, 7) is 5.33. The fourth-order valence-electron chi connectivity index (χ4n) is 6.61. The van der Waals surface area contributed by atoms with Crippen LogP contribution in [-0.2, 0) is 16.1 Å². The topological polar surface area (TPSA) is 107 Å². The van der Waals surface area contributed by atoms with Gasteiger partial charge in [-0.05, 0) is 80.3 Å². The molecular weight excluding hydrogens is 490 g/mol. The summed E-state index contributed by atoms with van der Waals surface area (Å²) in [5, 5.41) is 8.33. The second-order valence-corrected chi connectivity index (χ2v) is 11.0. The summed E-state index contributed by atoms with van der Waals surface area (Å²) in [5.41, 5.74) is 4.58. The molecule has 2 aliphatic rings. The van der Waals surface area contributed by atoms with Crippen LogP contribution in [-0.4, -0.2) is 37.2 Å². The number of fused-ring (bicyclic) bond motifs is 3. The van der Waals surface area contributed by atoms with Crippen molar-refractivity contribution in [3.05, 3.63) is 71.9 Å². The van der Waals surface area contributed by atoms with E-state index in [0.717, 1.165) is 41.6 Å². The highest BCUT2D eigenvalue weighted by atomic mass is 16.2. The van der Waals surface area contributed by atoms with Crippen LogP contribution in [0.25, 0.3) is 22.0 Å². The van der Waals surface area contributed by atoms with Crippen molar-refractivity contribution < 1.29 is 14.4 Å². The van der Waals surface area contributed by atoms with Gasteiger partial charge in [-0.15, -0.1) is 0 Å². The van der Waals surface area contributed by atoms with Crippen LogP contribution in [0.4, 0.5) is 5.69 Å². The molecule has 0 aliphatic heterocycles. The van der Waals surface area contributed by atoms with Crippen molar-refractivity contribution in [2.75, 3.05) is 5.32 Å². The maximum atomic E-state index is 13.8. The Kier molecular flexibility index (Phi) is 6.33. The number of amides is 1. The molecule has 2 heterocycles. The standard InChI is InChI=1S/C31H31N5O3/c1-17-5-4-6-24(11-17)34-31(39)29-22-8-7-21(12-22)28(29)27(38)16-36-26-10-9-20(23-14-32-19(3)33-15-23)13-25(26)30(35-36)18(2)37/h4-6,9-11,13-15,21-22,28-29H,7-8,12,16H2,1-3H3,(H,34,39)/t21?,22?,28?,29-/m1/s1. The van der Waals surface area contributed by atoms with E-state index in [1.165, 1.54) is 6.92 Å². The van der Waals surface area contributed by atoms with Gasteiger partial charge in [0.2, 0.25) is 5.91 Å². The molecule has 2 fully saturated rings. The van der Waals surface area contributed by atoms with Crippen molar-refractivity contribution in [2.45, 2.75) is 46.6 Å². The molecular formula is C31H31N5O3. The lowest BCUT2D eigenvalue weighted by Gasteiger charge is -2.29. The monoisotopic (exact) mass is 521 g/mol. The summed E-state index contributed by atoms with van der Waals surface area (Å²) in [6, 6.07) is 13.5. The van der Waals surface area contributed by atoms with E-state index >= 15 is 0 Å². The normalized spacial score (nSPS) is 21.8. The third-order valence-corrected chi connectivity index (χ3v) is 8.38. The smallest absolute Gasteiger partial charge is 0.228 e. The zero-order valence-corrected chi connectivity index (χ0v) is 22.3. The van der Waals surface area contributed by atoms with Crippen LogP contribution >= 0.6 is 0 Å². The molecule has 0 radical (unpaired) electrons. The van der Waals surface area contributed by atoms with E-state index < -0.39 is 0 Å². The van der Waals surface area contributed by atoms with E-state index in [9.17, 15) is 14.4 Å². The van der Waals surface area contributed by atoms with E-state index in [4.69, 9.17) is 0 Å². The van der Waals surface area contributed by atoms with Gasteiger partial charge in [0.05, 0.1) is 11.4 Å². The molecule has 0 saturated heterocycles. The number of carbonyl (C=O) groups excluding carboxylic acids is 3. The van der Waals surface area contributed by atoms with Crippen LogP contribution in [0.5, 0.6) is 0 Å². The van der Waals surface area contributed by atoms with Gasteiger partial charge in [0, 0.05) is 41.9 Å². The average molecular weight is 522 g/mol. The van der Waals surface area contributed by atoms with Crippen LogP contribution in [0.1, 0.15) is 48.1 Å². The minimum atomic E-state index is -0.349. The second kappa shape index (κ2) is 9.84. The number of Topliss-reactive ketones (excluding diaryl/α,β-unsaturated/α-hetero) is 2. The molecule has 2 bridgehead atoms. The third kappa shape index (κ3) is 4.64. The van der Waals surface area contributed by atoms with Crippen LogP contribution in [0, 0.1) is 37.5 Å². The van der Waals surface area contributed by atoms with E-state index in [1.807, 2.05) is 56.3 Å². The minimum Gasteiger partial charge on any atom is -0.326 e. The molecule has 8 nitrogen and oxygen atoms in total. The molecule has 2 saturated carbocycles. The molecule has 2 aliphatic carbocycles. The molecule has 198 valence electrons. The number of nitrogens with zero attached hydrogens (tertiary/aromatic N) is 4. The van der Waals surface area contributed by atoms with Gasteiger partial charge < -0.3 is 5.32 Å². The van der Waals surface area contributed by atoms with E-state index in [1.54, 1.807) is 17.1 Å². The summed E-state index contributed by atoms with van der Waals surface area (Å²) in [7, 11) is 0. The number of rotatable bonds is 7. The number of ketones is 2. The number of aromatic nitrogens is 4. The van der Waals surface area contributed by atoms with Gasteiger partial charge >= 0.3 is 0 Å². The first kappa shape index (κ1) is 25.1. The van der Waals surface area contributed by atoms with E-state index in [0.29, 0.717) is 22.4 Å². The van der Waals surface area contributed by atoms with Gasteiger partial charge in [0.15, 0.2) is 11.6 Å². The number of aryl methyl sites for hydroxylation is 2. The van der Waals surface area contributed by atoms with Crippen molar-refractivity contribution in [1.82, 2.24) is 19.7 Å². The maximum Gasteiger partial charge on any atom is 0.228 e. The number of carbonyl (C=O) groups is 3. The summed E-state index contributed by atoms with van der Waals surface area (Å²) in [4.78, 5) is 48.3. The first-order valence-corrected chi connectivity index (χ1v) is 13.5. The van der Waals surface area contributed by atoms with Crippen LogP contribution in [0.2, 0.25) is 0 Å². The summed E-state index contributed by atoms with van der Waals surface area (Å²) in [6.07, 6.45) is 6.35. The van der Waals surface area contributed by atoms with Crippen LogP contribution in [0.15, 0.2) is 54.9 Å². The fourth-order valence-corrected chi connectivity index (χ4v) is 6.61. The lowest BCUT2D eigenvalue weighted by molar-refractivity contribution is -0.133. The van der Waals surface area contributed by atoms with Gasteiger partial charge in [0.1, 0.15) is 18.1 Å². The van der Waals surface area contributed by atoms with Gasteiger partial charge in [-0.1, -0.05) is 18.2 Å². The number of anilines is 1. The average Bonchev–Trinajstić information content (AvgIpc) is 3.62. The zero-order valence-electron chi connectivity index (χ0n) is 22.3. The third-order valence-electron chi connectivity index (χ3n) is 8.38. The Morgan fingerprint density at radius 2 is 1.69 bits per heavy atom. The number of nitrogens with one attached hydrogen (secondary N) is 1. The zero-order chi connectivity index (χ0) is 27.3. The Bertz CT molecular complexity index is 1610. The molecule has 8 heteroatoms. The van der Waals surface area contributed by atoms with Gasteiger partial charge in [0.25, 0.3) is 0 Å². The van der Waals surface area contributed by atoms with E-state index in [2.05, 4.69) is 20.4 Å². The quantitative estimate of drug-likeness (QED) is 0.336. The lowest BCUT2D eigenvalue weighted by atomic mass is 9.76. The Balaban J connectivity index is 1.29. The highest BCUT2D eigenvalue weighted by Gasteiger charge is 2.53. The maximum absolute atomic E-state index is 13.8. The van der Waals surface area contributed by atoms with Crippen molar-refractivity contribution >= 4 is 34.1 Å². The van der Waals surface area contributed by atoms with Gasteiger partial charge in [-0.2, -0.15) is 5.10 Å². The number of hydrogen-bond acceptors (Lipinski definition) is 6. The van der Waals surface area contributed by atoms with E-state index in [-0.39, 0.29) is 47.7 Å². The minimum absolute atomic E-state index is 0.00195. The molecule has 4 atom stereocenters. The Labute approximate surface area is 226 Å². The first-order valence-electron chi connectivity index (χ1n) is 13.5. The fraction of sp³-hybridized carbons (Fsp3) is 0.355. The highest BCUT2D eigenvalue weighted by molar-refractivity contribution is 6.06. The van der Waals surface area contributed by atoms with Crippen LogP contribution in [0.3, 0.4) is 0 Å². The molecule has 2 aromatic heterocycles. The molecule has 2 aromatic carbocycles. The number of benzene rings is 2. The molecule has 39 heavy (non-hydrogen) atoms. The molecule has 4 aromatic rings. The van der Waals surface area contributed by atoms with Crippen molar-refractivity contribution in [2.24, 2.45) is 23.7 Å². The lowest BCUT2D eigenvalue weighted by Crippen LogP contribution is -2.39.